The topological polar surface area (TPSA) is 105 Å². The van der Waals surface area contributed by atoms with Crippen LogP contribution in [0.25, 0.3) is 0 Å². The summed E-state index contributed by atoms with van der Waals surface area (Å²) >= 11 is 0. The van der Waals surface area contributed by atoms with E-state index in [9.17, 15) is 13.2 Å². The second-order valence-electron chi connectivity index (χ2n) is 5.85. The highest BCUT2D eigenvalue weighted by Crippen LogP contribution is 2.18. The molecule has 8 heteroatoms. The van der Waals surface area contributed by atoms with Crippen molar-refractivity contribution in [3.05, 3.63) is 48.2 Å². The molecule has 0 saturated heterocycles. The maximum absolute atomic E-state index is 12.7. The van der Waals surface area contributed by atoms with Gasteiger partial charge in [0, 0.05) is 18.7 Å². The Morgan fingerprint density at radius 1 is 1.08 bits per heavy atom. The molecule has 1 heterocycles. The maximum Gasteiger partial charge on any atom is 0.255 e. The van der Waals surface area contributed by atoms with Crippen molar-refractivity contribution < 1.29 is 13.2 Å². The van der Waals surface area contributed by atoms with Crippen LogP contribution in [-0.2, 0) is 10.0 Å². The van der Waals surface area contributed by atoms with E-state index < -0.39 is 10.0 Å². The Balaban J connectivity index is 2.16. The number of aromatic nitrogens is 1. The molecule has 7 nitrogen and oxygen atoms in total. The Labute approximate surface area is 154 Å². The fraction of sp³-hybridized carbons (Fsp3) is 0.333. The fourth-order valence-electron chi connectivity index (χ4n) is 2.46. The van der Waals surface area contributed by atoms with Crippen molar-refractivity contribution in [3.8, 4) is 0 Å². The van der Waals surface area contributed by atoms with Crippen molar-refractivity contribution in [2.45, 2.75) is 31.6 Å². The normalized spacial score (nSPS) is 11.5. The molecule has 0 aliphatic carbocycles. The molecular formula is C18H24N4O3S. The number of nitrogens with zero attached hydrogens (tertiary/aromatic N) is 2. The van der Waals surface area contributed by atoms with Crippen molar-refractivity contribution in [1.29, 1.82) is 0 Å². The van der Waals surface area contributed by atoms with Crippen LogP contribution in [0.2, 0.25) is 0 Å². The van der Waals surface area contributed by atoms with Gasteiger partial charge >= 0.3 is 0 Å². The Hall–Kier alpha value is -2.45. The SMILES string of the molecule is CCCN(CCC)S(=O)(=O)c1ccc(C(=O)Nc2ccc(N)nc2)cc1. The van der Waals surface area contributed by atoms with Gasteiger partial charge in [-0.25, -0.2) is 13.4 Å². The Morgan fingerprint density at radius 3 is 2.19 bits per heavy atom. The molecule has 26 heavy (non-hydrogen) atoms. The zero-order valence-electron chi connectivity index (χ0n) is 15.0. The van der Waals surface area contributed by atoms with E-state index in [4.69, 9.17) is 5.73 Å². The second kappa shape index (κ2) is 8.77. The van der Waals surface area contributed by atoms with Gasteiger partial charge in [-0.3, -0.25) is 4.79 Å². The predicted octanol–water partition coefficient (Wildman–Crippen LogP) is 2.73. The molecule has 0 unspecified atom stereocenters. The van der Waals surface area contributed by atoms with Gasteiger partial charge in [-0.2, -0.15) is 4.31 Å². The molecule has 2 rings (SSSR count). The minimum Gasteiger partial charge on any atom is -0.384 e. The van der Waals surface area contributed by atoms with Crippen molar-refractivity contribution in [1.82, 2.24) is 9.29 Å². The zero-order chi connectivity index (χ0) is 19.2. The molecule has 140 valence electrons. The molecule has 0 spiro atoms. The highest BCUT2D eigenvalue weighted by atomic mass is 32.2. The number of rotatable bonds is 8. The van der Waals surface area contributed by atoms with Crippen LogP contribution < -0.4 is 11.1 Å². The summed E-state index contributed by atoms with van der Waals surface area (Å²) in [5, 5.41) is 2.69. The number of nitrogen functional groups attached to an aromatic ring is 1. The lowest BCUT2D eigenvalue weighted by atomic mass is 10.2. The molecule has 0 saturated carbocycles. The van der Waals surface area contributed by atoms with Crippen LogP contribution in [0.3, 0.4) is 0 Å². The van der Waals surface area contributed by atoms with Crippen molar-refractivity contribution in [3.63, 3.8) is 0 Å². The Bertz CT molecular complexity index is 828. The van der Waals surface area contributed by atoms with Crippen molar-refractivity contribution in [2.75, 3.05) is 24.1 Å². The van der Waals surface area contributed by atoms with Gasteiger partial charge < -0.3 is 11.1 Å². The van der Waals surface area contributed by atoms with Gasteiger partial charge in [0.15, 0.2) is 0 Å². The molecule has 0 aliphatic rings. The van der Waals surface area contributed by atoms with Crippen molar-refractivity contribution in [2.24, 2.45) is 0 Å². The summed E-state index contributed by atoms with van der Waals surface area (Å²) in [6.45, 7) is 4.83. The van der Waals surface area contributed by atoms with Crippen LogP contribution in [0.5, 0.6) is 0 Å². The number of carbonyl (C=O) groups excluding carboxylic acids is 1. The molecule has 0 fully saturated rings. The number of amides is 1. The van der Waals surface area contributed by atoms with Gasteiger partial charge in [0.05, 0.1) is 16.8 Å². The summed E-state index contributed by atoms with van der Waals surface area (Å²) in [6, 6.07) is 9.16. The number of carbonyl (C=O) groups is 1. The highest BCUT2D eigenvalue weighted by Gasteiger charge is 2.23. The van der Waals surface area contributed by atoms with Gasteiger partial charge in [-0.1, -0.05) is 13.8 Å². The van der Waals surface area contributed by atoms with Gasteiger partial charge in [0.1, 0.15) is 5.82 Å². The molecule has 1 aromatic heterocycles. The fourth-order valence-corrected chi connectivity index (χ4v) is 4.08. The molecule has 2 aromatic rings. The highest BCUT2D eigenvalue weighted by molar-refractivity contribution is 7.89. The predicted molar refractivity (Wildman–Crippen MR) is 102 cm³/mol. The first-order valence-corrected chi connectivity index (χ1v) is 9.95. The van der Waals surface area contributed by atoms with E-state index in [2.05, 4.69) is 10.3 Å². The van der Waals surface area contributed by atoms with Crippen LogP contribution >= 0.6 is 0 Å². The first-order chi connectivity index (χ1) is 12.4. The standard InChI is InChI=1S/C18H24N4O3S/c1-3-11-22(12-4-2)26(24,25)16-8-5-14(6-9-16)18(23)21-15-7-10-17(19)20-13-15/h5-10,13H,3-4,11-12H2,1-2H3,(H2,19,20)(H,21,23). The first kappa shape index (κ1) is 19.9. The largest absolute Gasteiger partial charge is 0.384 e. The number of nitrogens with one attached hydrogen (secondary N) is 1. The molecule has 0 radical (unpaired) electrons. The number of anilines is 2. The van der Waals surface area contributed by atoms with Gasteiger partial charge in [-0.05, 0) is 49.2 Å². The van der Waals surface area contributed by atoms with E-state index >= 15 is 0 Å². The Morgan fingerprint density at radius 2 is 1.69 bits per heavy atom. The number of benzene rings is 1. The second-order valence-corrected chi connectivity index (χ2v) is 7.79. The molecular weight excluding hydrogens is 352 g/mol. The monoisotopic (exact) mass is 376 g/mol. The van der Waals surface area contributed by atoms with E-state index in [1.807, 2.05) is 13.8 Å². The van der Waals surface area contributed by atoms with Crippen molar-refractivity contribution >= 4 is 27.4 Å². The lowest BCUT2D eigenvalue weighted by Crippen LogP contribution is -2.32. The minimum atomic E-state index is -3.55. The van der Waals surface area contributed by atoms with E-state index in [-0.39, 0.29) is 10.8 Å². The smallest absolute Gasteiger partial charge is 0.255 e. The quantitative estimate of drug-likeness (QED) is 0.737. The van der Waals surface area contributed by atoms with Crippen LogP contribution in [0, 0.1) is 0 Å². The summed E-state index contributed by atoms with van der Waals surface area (Å²) in [5.41, 5.74) is 6.38. The number of sulfonamides is 1. The molecule has 0 atom stereocenters. The lowest BCUT2D eigenvalue weighted by molar-refractivity contribution is 0.102. The lowest BCUT2D eigenvalue weighted by Gasteiger charge is -2.21. The first-order valence-electron chi connectivity index (χ1n) is 8.51. The Kier molecular flexibility index (Phi) is 6.70. The van der Waals surface area contributed by atoms with Crippen LogP contribution in [0.15, 0.2) is 47.5 Å². The number of pyridine rings is 1. The van der Waals surface area contributed by atoms with E-state index in [0.29, 0.717) is 30.2 Å². The number of hydrogen-bond donors (Lipinski definition) is 2. The number of nitrogens with two attached hydrogens (primary N) is 1. The summed E-state index contributed by atoms with van der Waals surface area (Å²) < 4.78 is 26.9. The molecule has 0 aliphatic heterocycles. The van der Waals surface area contributed by atoms with E-state index in [1.165, 1.54) is 34.8 Å². The summed E-state index contributed by atoms with van der Waals surface area (Å²) in [4.78, 5) is 16.4. The van der Waals surface area contributed by atoms with Gasteiger partial charge in [0.2, 0.25) is 10.0 Å². The average Bonchev–Trinajstić information content (AvgIpc) is 2.63. The van der Waals surface area contributed by atoms with Crippen LogP contribution in [0.4, 0.5) is 11.5 Å². The summed E-state index contributed by atoms with van der Waals surface area (Å²) in [7, 11) is -3.55. The summed E-state index contributed by atoms with van der Waals surface area (Å²) in [5.74, 6) is 0.0146. The van der Waals surface area contributed by atoms with Gasteiger partial charge in [-0.15, -0.1) is 0 Å². The summed E-state index contributed by atoms with van der Waals surface area (Å²) in [6.07, 6.45) is 2.95. The average molecular weight is 376 g/mol. The zero-order valence-corrected chi connectivity index (χ0v) is 15.8. The van der Waals surface area contributed by atoms with E-state index in [1.54, 1.807) is 12.1 Å². The van der Waals surface area contributed by atoms with E-state index in [0.717, 1.165) is 12.8 Å². The third kappa shape index (κ3) is 4.80. The third-order valence-corrected chi connectivity index (χ3v) is 5.66. The molecule has 0 bridgehead atoms. The third-order valence-electron chi connectivity index (χ3n) is 3.74. The van der Waals surface area contributed by atoms with Crippen LogP contribution in [-0.4, -0.2) is 36.7 Å². The minimum absolute atomic E-state index is 0.185. The molecule has 1 amide bonds. The molecule has 3 N–H and O–H groups in total. The number of hydrogen-bond acceptors (Lipinski definition) is 5. The van der Waals surface area contributed by atoms with Gasteiger partial charge in [0.25, 0.3) is 5.91 Å². The maximum atomic E-state index is 12.7. The molecule has 1 aromatic carbocycles. The van der Waals surface area contributed by atoms with Crippen LogP contribution in [0.1, 0.15) is 37.0 Å².